The molecule has 0 bridgehead atoms. The van der Waals surface area contributed by atoms with E-state index in [0.29, 0.717) is 12.0 Å². The molecule has 0 heterocycles. The van der Waals surface area contributed by atoms with Crippen LogP contribution in [0.4, 0.5) is 0 Å². The smallest absolute Gasteiger partial charge is 0.335 e. The van der Waals surface area contributed by atoms with Crippen LogP contribution in [0.25, 0.3) is 12.2 Å². The van der Waals surface area contributed by atoms with E-state index in [2.05, 4.69) is 0 Å². The summed E-state index contributed by atoms with van der Waals surface area (Å²) in [7, 11) is 0. The summed E-state index contributed by atoms with van der Waals surface area (Å²) in [6, 6.07) is 15.5. The molecule has 0 aliphatic carbocycles. The van der Waals surface area contributed by atoms with Crippen molar-refractivity contribution in [3.63, 3.8) is 0 Å². The molecule has 0 aliphatic rings. The molecule has 2 heteroatoms. The van der Waals surface area contributed by atoms with E-state index in [9.17, 15) is 4.79 Å². The van der Waals surface area contributed by atoms with E-state index < -0.39 is 5.97 Å². The Hall–Kier alpha value is -2.35. The Morgan fingerprint density at radius 2 is 1.74 bits per heavy atom. The van der Waals surface area contributed by atoms with Gasteiger partial charge >= 0.3 is 5.97 Å². The topological polar surface area (TPSA) is 37.3 Å². The van der Waals surface area contributed by atoms with E-state index in [1.54, 1.807) is 6.07 Å². The van der Waals surface area contributed by atoms with Crippen LogP contribution >= 0.6 is 0 Å². The van der Waals surface area contributed by atoms with Crippen molar-refractivity contribution in [1.82, 2.24) is 0 Å². The number of carboxylic acids is 1. The van der Waals surface area contributed by atoms with Crippen molar-refractivity contribution in [2.75, 3.05) is 0 Å². The molecule has 0 spiro atoms. The lowest BCUT2D eigenvalue weighted by Crippen LogP contribution is -2.01. The van der Waals surface area contributed by atoms with Gasteiger partial charge in [-0.2, -0.15) is 0 Å². The average Bonchev–Trinajstić information content (AvgIpc) is 2.45. The maximum Gasteiger partial charge on any atom is 0.335 e. The maximum absolute atomic E-state index is 11.1. The molecule has 0 fully saturated rings. The van der Waals surface area contributed by atoms with Gasteiger partial charge < -0.3 is 5.11 Å². The molecule has 0 aliphatic heterocycles. The van der Waals surface area contributed by atoms with Gasteiger partial charge in [0, 0.05) is 0 Å². The Labute approximate surface area is 113 Å². The fourth-order valence-corrected chi connectivity index (χ4v) is 1.98. The van der Waals surface area contributed by atoms with Gasteiger partial charge in [0.05, 0.1) is 5.56 Å². The molecule has 0 unspecified atom stereocenters. The Bertz CT molecular complexity index is 598. The van der Waals surface area contributed by atoms with E-state index in [1.165, 1.54) is 0 Å². The van der Waals surface area contributed by atoms with Gasteiger partial charge in [-0.15, -0.1) is 0 Å². The third-order valence-corrected chi connectivity index (χ3v) is 3.01. The zero-order valence-electron chi connectivity index (χ0n) is 10.8. The third kappa shape index (κ3) is 3.32. The highest BCUT2D eigenvalue weighted by molar-refractivity contribution is 5.90. The lowest BCUT2D eigenvalue weighted by molar-refractivity contribution is 0.0696. The maximum atomic E-state index is 11.1. The summed E-state index contributed by atoms with van der Waals surface area (Å²) in [4.78, 5) is 11.1. The highest BCUT2D eigenvalue weighted by Crippen LogP contribution is 2.15. The quantitative estimate of drug-likeness (QED) is 0.831. The molecular weight excluding hydrogens is 236 g/mol. The van der Waals surface area contributed by atoms with Crippen LogP contribution in [0, 0.1) is 0 Å². The zero-order chi connectivity index (χ0) is 13.7. The Balaban J connectivity index is 2.27. The summed E-state index contributed by atoms with van der Waals surface area (Å²) in [6.45, 7) is 1.96. The first-order chi connectivity index (χ1) is 9.20. The van der Waals surface area contributed by atoms with Gasteiger partial charge in [0.1, 0.15) is 0 Å². The summed E-state index contributed by atoms with van der Waals surface area (Å²) in [5.74, 6) is -0.865. The van der Waals surface area contributed by atoms with E-state index >= 15 is 0 Å². The summed E-state index contributed by atoms with van der Waals surface area (Å²) in [5, 5.41) is 9.08. The summed E-state index contributed by atoms with van der Waals surface area (Å²) < 4.78 is 0. The third-order valence-electron chi connectivity index (χ3n) is 3.01. The lowest BCUT2D eigenvalue weighted by Gasteiger charge is -2.04. The van der Waals surface area contributed by atoms with E-state index in [-0.39, 0.29) is 0 Å². The molecule has 2 aromatic carbocycles. The Morgan fingerprint density at radius 1 is 1.05 bits per heavy atom. The minimum absolute atomic E-state index is 0.388. The number of aromatic carboxylic acids is 1. The molecule has 19 heavy (non-hydrogen) atoms. The molecule has 0 atom stereocenters. The molecule has 2 nitrogen and oxygen atoms in total. The largest absolute Gasteiger partial charge is 0.478 e. The fourth-order valence-electron chi connectivity index (χ4n) is 1.98. The number of carbonyl (C=O) groups is 1. The van der Waals surface area contributed by atoms with Crippen molar-refractivity contribution in [1.29, 1.82) is 0 Å². The van der Waals surface area contributed by atoms with Crippen molar-refractivity contribution in [3.05, 3.63) is 70.8 Å². The molecule has 0 radical (unpaired) electrons. The minimum Gasteiger partial charge on any atom is -0.478 e. The molecule has 0 amide bonds. The normalized spacial score (nSPS) is 10.8. The van der Waals surface area contributed by atoms with E-state index in [0.717, 1.165) is 16.7 Å². The molecule has 96 valence electrons. The van der Waals surface area contributed by atoms with Crippen molar-refractivity contribution < 1.29 is 9.90 Å². The van der Waals surface area contributed by atoms with Gasteiger partial charge in [0.15, 0.2) is 0 Å². The Morgan fingerprint density at radius 3 is 2.37 bits per heavy atom. The highest BCUT2D eigenvalue weighted by atomic mass is 16.4. The molecule has 0 saturated carbocycles. The van der Waals surface area contributed by atoms with Gasteiger partial charge in [-0.3, -0.25) is 0 Å². The standard InChI is InChI=1S/C17H16O2/c1-2-15-12-14(10-11-16(15)17(18)19)9-8-13-6-4-3-5-7-13/h3-12H,2H2,1H3,(H,18,19). The zero-order valence-corrected chi connectivity index (χ0v) is 10.8. The second kappa shape index (κ2) is 6.01. The van der Waals surface area contributed by atoms with Crippen LogP contribution in [0.3, 0.4) is 0 Å². The van der Waals surface area contributed by atoms with Crippen LogP contribution in [0.1, 0.15) is 34.0 Å². The summed E-state index contributed by atoms with van der Waals surface area (Å²) in [6.07, 6.45) is 4.74. The number of carboxylic acid groups (broad SMARTS) is 1. The van der Waals surface area contributed by atoms with Crippen LogP contribution in [0.5, 0.6) is 0 Å². The van der Waals surface area contributed by atoms with Crippen molar-refractivity contribution in [3.8, 4) is 0 Å². The van der Waals surface area contributed by atoms with Gasteiger partial charge in [0.2, 0.25) is 0 Å². The van der Waals surface area contributed by atoms with E-state index in [4.69, 9.17) is 5.11 Å². The Kier molecular flexibility index (Phi) is 4.14. The van der Waals surface area contributed by atoms with Crippen molar-refractivity contribution in [2.45, 2.75) is 13.3 Å². The molecule has 2 aromatic rings. The molecule has 2 rings (SSSR count). The molecular formula is C17H16O2. The van der Waals surface area contributed by atoms with Crippen molar-refractivity contribution in [2.24, 2.45) is 0 Å². The van der Waals surface area contributed by atoms with Crippen LogP contribution in [0.2, 0.25) is 0 Å². The first-order valence-corrected chi connectivity index (χ1v) is 6.30. The minimum atomic E-state index is -0.865. The second-order valence-electron chi connectivity index (χ2n) is 4.32. The summed E-state index contributed by atoms with van der Waals surface area (Å²) >= 11 is 0. The van der Waals surface area contributed by atoms with Gasteiger partial charge in [-0.25, -0.2) is 4.79 Å². The number of hydrogen-bond acceptors (Lipinski definition) is 1. The number of hydrogen-bond donors (Lipinski definition) is 1. The van der Waals surface area contributed by atoms with E-state index in [1.807, 2.05) is 61.5 Å². The lowest BCUT2D eigenvalue weighted by atomic mass is 10.0. The predicted octanol–water partition coefficient (Wildman–Crippen LogP) is 4.12. The molecule has 0 saturated heterocycles. The monoisotopic (exact) mass is 252 g/mol. The predicted molar refractivity (Wildman–Crippen MR) is 78.1 cm³/mol. The van der Waals surface area contributed by atoms with Gasteiger partial charge in [-0.1, -0.05) is 61.5 Å². The first-order valence-electron chi connectivity index (χ1n) is 6.30. The molecule has 1 N–H and O–H groups in total. The van der Waals surface area contributed by atoms with Gasteiger partial charge in [-0.05, 0) is 29.2 Å². The fraction of sp³-hybridized carbons (Fsp3) is 0.118. The summed E-state index contributed by atoms with van der Waals surface area (Å²) in [5.41, 5.74) is 3.40. The SMILES string of the molecule is CCc1cc(C=Cc2ccccc2)ccc1C(=O)O. The molecule has 0 aromatic heterocycles. The first kappa shape index (κ1) is 13.1. The van der Waals surface area contributed by atoms with Crippen LogP contribution in [-0.4, -0.2) is 11.1 Å². The van der Waals surface area contributed by atoms with Crippen LogP contribution in [-0.2, 0) is 6.42 Å². The number of benzene rings is 2. The van der Waals surface area contributed by atoms with Crippen LogP contribution < -0.4 is 0 Å². The number of aryl methyl sites for hydroxylation is 1. The number of rotatable bonds is 4. The second-order valence-corrected chi connectivity index (χ2v) is 4.32. The average molecular weight is 252 g/mol. The highest BCUT2D eigenvalue weighted by Gasteiger charge is 2.08. The van der Waals surface area contributed by atoms with Crippen LogP contribution in [0.15, 0.2) is 48.5 Å². The van der Waals surface area contributed by atoms with Crippen molar-refractivity contribution >= 4 is 18.1 Å². The van der Waals surface area contributed by atoms with Gasteiger partial charge in [0.25, 0.3) is 0 Å².